The van der Waals surface area contributed by atoms with Gasteiger partial charge in [0.1, 0.15) is 11.8 Å². The molecule has 1 saturated heterocycles. The Bertz CT molecular complexity index is 443. The van der Waals surface area contributed by atoms with Crippen LogP contribution in [0.4, 0.5) is 0 Å². The van der Waals surface area contributed by atoms with Gasteiger partial charge in [0.2, 0.25) is 5.91 Å². The molecule has 1 aromatic rings. The fourth-order valence-electron chi connectivity index (χ4n) is 2.17. The lowest BCUT2D eigenvalue weighted by atomic mass is 9.97. The summed E-state index contributed by atoms with van der Waals surface area (Å²) in [6.07, 6.45) is 0. The van der Waals surface area contributed by atoms with Crippen LogP contribution in [-0.4, -0.2) is 26.1 Å². The third-order valence-corrected chi connectivity index (χ3v) is 3.27. The van der Waals surface area contributed by atoms with Crippen molar-refractivity contribution in [3.63, 3.8) is 0 Å². The van der Waals surface area contributed by atoms with E-state index in [1.165, 1.54) is 5.56 Å². The third kappa shape index (κ3) is 2.48. The molecule has 0 saturated carbocycles. The molecule has 1 fully saturated rings. The van der Waals surface area contributed by atoms with Gasteiger partial charge < -0.3 is 15.4 Å². The summed E-state index contributed by atoms with van der Waals surface area (Å²) in [5.74, 6) is 1.23. The topological polar surface area (TPSA) is 50.4 Å². The van der Waals surface area contributed by atoms with Crippen molar-refractivity contribution in [2.45, 2.75) is 25.8 Å². The predicted octanol–water partition coefficient (Wildman–Crippen LogP) is 1.58. The molecule has 1 aliphatic rings. The van der Waals surface area contributed by atoms with Crippen molar-refractivity contribution < 1.29 is 9.53 Å². The molecule has 0 aromatic heterocycles. The summed E-state index contributed by atoms with van der Waals surface area (Å²) >= 11 is 0. The first-order valence-corrected chi connectivity index (χ1v) is 6.32. The number of carbonyl (C=O) groups excluding carboxylic acids is 1. The van der Waals surface area contributed by atoms with Crippen LogP contribution in [0.1, 0.15) is 36.9 Å². The second kappa shape index (κ2) is 5.40. The third-order valence-electron chi connectivity index (χ3n) is 3.27. The number of ether oxygens (including phenoxy) is 1. The maximum absolute atomic E-state index is 11.9. The van der Waals surface area contributed by atoms with Crippen LogP contribution < -0.4 is 15.4 Å². The largest absolute Gasteiger partial charge is 0.496 e. The van der Waals surface area contributed by atoms with E-state index in [0.717, 1.165) is 17.9 Å². The van der Waals surface area contributed by atoms with Crippen molar-refractivity contribution in [3.05, 3.63) is 29.3 Å². The van der Waals surface area contributed by atoms with Gasteiger partial charge in [0, 0.05) is 18.7 Å². The molecule has 2 N–H and O–H groups in total. The molecule has 1 amide bonds. The summed E-state index contributed by atoms with van der Waals surface area (Å²) in [7, 11) is 1.64. The van der Waals surface area contributed by atoms with Crippen LogP contribution in [0.2, 0.25) is 0 Å². The van der Waals surface area contributed by atoms with Gasteiger partial charge in [-0.05, 0) is 17.5 Å². The van der Waals surface area contributed by atoms with Crippen molar-refractivity contribution in [2.75, 3.05) is 20.2 Å². The standard InChI is InChI=1S/C14H20N2O2/c1-9(2)10-4-5-11(12(8-10)18-3)13-14(17)16-7-6-15-13/h4-5,8-9,13,15H,6-7H2,1-3H3,(H,16,17). The molecule has 18 heavy (non-hydrogen) atoms. The Morgan fingerprint density at radius 1 is 1.33 bits per heavy atom. The van der Waals surface area contributed by atoms with Crippen LogP contribution in [-0.2, 0) is 4.79 Å². The van der Waals surface area contributed by atoms with Crippen LogP contribution in [0.15, 0.2) is 18.2 Å². The molecule has 1 unspecified atom stereocenters. The molecule has 0 spiro atoms. The van der Waals surface area contributed by atoms with E-state index in [-0.39, 0.29) is 11.9 Å². The van der Waals surface area contributed by atoms with Gasteiger partial charge in [-0.15, -0.1) is 0 Å². The molecule has 1 aliphatic heterocycles. The maximum atomic E-state index is 11.9. The lowest BCUT2D eigenvalue weighted by Crippen LogP contribution is -2.47. The average molecular weight is 248 g/mol. The molecule has 98 valence electrons. The monoisotopic (exact) mass is 248 g/mol. The van der Waals surface area contributed by atoms with E-state index < -0.39 is 0 Å². The predicted molar refractivity (Wildman–Crippen MR) is 70.8 cm³/mol. The number of methoxy groups -OCH3 is 1. The summed E-state index contributed by atoms with van der Waals surface area (Å²) in [4.78, 5) is 11.9. The molecule has 4 nitrogen and oxygen atoms in total. The van der Waals surface area contributed by atoms with Gasteiger partial charge in [0.15, 0.2) is 0 Å². The number of benzene rings is 1. The summed E-state index contributed by atoms with van der Waals surface area (Å²) in [6, 6.07) is 5.75. The number of carbonyl (C=O) groups is 1. The smallest absolute Gasteiger partial charge is 0.241 e. The summed E-state index contributed by atoms with van der Waals surface area (Å²) < 4.78 is 5.42. The molecule has 2 rings (SSSR count). The molecule has 1 heterocycles. The van der Waals surface area contributed by atoms with Crippen LogP contribution in [0.3, 0.4) is 0 Å². The lowest BCUT2D eigenvalue weighted by Gasteiger charge is -2.25. The number of rotatable bonds is 3. The zero-order valence-corrected chi connectivity index (χ0v) is 11.1. The minimum absolute atomic E-state index is 0.0110. The van der Waals surface area contributed by atoms with E-state index >= 15 is 0 Å². The Morgan fingerprint density at radius 3 is 2.72 bits per heavy atom. The van der Waals surface area contributed by atoms with Gasteiger partial charge in [0.05, 0.1) is 7.11 Å². The number of hydrogen-bond acceptors (Lipinski definition) is 3. The van der Waals surface area contributed by atoms with Gasteiger partial charge in [-0.1, -0.05) is 26.0 Å². The number of nitrogens with one attached hydrogen (secondary N) is 2. The second-order valence-corrected chi connectivity index (χ2v) is 4.83. The highest BCUT2D eigenvalue weighted by molar-refractivity contribution is 5.84. The van der Waals surface area contributed by atoms with E-state index in [1.807, 2.05) is 12.1 Å². The Balaban J connectivity index is 2.34. The van der Waals surface area contributed by atoms with Gasteiger partial charge in [-0.3, -0.25) is 4.79 Å². The zero-order chi connectivity index (χ0) is 13.1. The van der Waals surface area contributed by atoms with Crippen LogP contribution >= 0.6 is 0 Å². The summed E-state index contributed by atoms with van der Waals surface area (Å²) in [6.45, 7) is 5.74. The van der Waals surface area contributed by atoms with Gasteiger partial charge >= 0.3 is 0 Å². The second-order valence-electron chi connectivity index (χ2n) is 4.83. The van der Waals surface area contributed by atoms with Crippen molar-refractivity contribution in [1.29, 1.82) is 0 Å². The van der Waals surface area contributed by atoms with E-state index in [9.17, 15) is 4.79 Å². The lowest BCUT2D eigenvalue weighted by molar-refractivity contribution is -0.124. The maximum Gasteiger partial charge on any atom is 0.241 e. The zero-order valence-electron chi connectivity index (χ0n) is 11.1. The van der Waals surface area contributed by atoms with Crippen molar-refractivity contribution in [2.24, 2.45) is 0 Å². The number of amides is 1. The molecule has 1 atom stereocenters. The molecule has 0 bridgehead atoms. The highest BCUT2D eigenvalue weighted by atomic mass is 16.5. The van der Waals surface area contributed by atoms with Gasteiger partial charge in [0.25, 0.3) is 0 Å². The minimum atomic E-state index is -0.310. The number of piperazine rings is 1. The molecular weight excluding hydrogens is 228 g/mol. The Labute approximate surface area is 108 Å². The molecule has 0 aliphatic carbocycles. The summed E-state index contributed by atoms with van der Waals surface area (Å²) in [5, 5.41) is 6.08. The first-order valence-electron chi connectivity index (χ1n) is 6.32. The van der Waals surface area contributed by atoms with Crippen molar-refractivity contribution >= 4 is 5.91 Å². The van der Waals surface area contributed by atoms with Crippen LogP contribution in [0.25, 0.3) is 0 Å². The van der Waals surface area contributed by atoms with E-state index in [2.05, 4.69) is 30.5 Å². The van der Waals surface area contributed by atoms with Gasteiger partial charge in [-0.2, -0.15) is 0 Å². The van der Waals surface area contributed by atoms with E-state index in [4.69, 9.17) is 4.74 Å². The normalized spacial score (nSPS) is 19.8. The fraction of sp³-hybridized carbons (Fsp3) is 0.500. The van der Waals surface area contributed by atoms with Crippen molar-refractivity contribution in [1.82, 2.24) is 10.6 Å². The molecular formula is C14H20N2O2. The average Bonchev–Trinajstić information content (AvgIpc) is 2.38. The molecule has 4 heteroatoms. The first-order chi connectivity index (χ1) is 8.63. The number of hydrogen-bond donors (Lipinski definition) is 2. The fourth-order valence-corrected chi connectivity index (χ4v) is 2.17. The first kappa shape index (κ1) is 12.9. The highest BCUT2D eigenvalue weighted by Gasteiger charge is 2.26. The summed E-state index contributed by atoms with van der Waals surface area (Å²) in [5.41, 5.74) is 2.12. The Morgan fingerprint density at radius 2 is 2.11 bits per heavy atom. The molecule has 0 radical (unpaired) electrons. The SMILES string of the molecule is COc1cc(C(C)C)ccc1C1NCCNC1=O. The van der Waals surface area contributed by atoms with Crippen molar-refractivity contribution in [3.8, 4) is 5.75 Å². The quantitative estimate of drug-likeness (QED) is 0.854. The molecule has 1 aromatic carbocycles. The highest BCUT2D eigenvalue weighted by Crippen LogP contribution is 2.29. The minimum Gasteiger partial charge on any atom is -0.496 e. The Kier molecular flexibility index (Phi) is 3.87. The van der Waals surface area contributed by atoms with Crippen LogP contribution in [0, 0.1) is 0 Å². The van der Waals surface area contributed by atoms with E-state index in [1.54, 1.807) is 7.11 Å². The Hall–Kier alpha value is -1.55. The van der Waals surface area contributed by atoms with Crippen LogP contribution in [0.5, 0.6) is 5.75 Å². The van der Waals surface area contributed by atoms with E-state index in [0.29, 0.717) is 12.5 Å². The van der Waals surface area contributed by atoms with Gasteiger partial charge in [-0.25, -0.2) is 0 Å².